The first-order valence-electron chi connectivity index (χ1n) is 6.15. The monoisotopic (exact) mass is 227 g/mol. The molecule has 0 aromatic heterocycles. The highest BCUT2D eigenvalue weighted by molar-refractivity contribution is 6.08. The topological polar surface area (TPSA) is 0 Å². The molecular formula is C18H11. The van der Waals surface area contributed by atoms with E-state index in [1.165, 1.54) is 33.4 Å². The predicted molar refractivity (Wildman–Crippen MR) is 75.1 cm³/mol. The van der Waals surface area contributed by atoms with E-state index in [1.807, 2.05) is 6.07 Å². The second kappa shape index (κ2) is 3.58. The van der Waals surface area contributed by atoms with Crippen LogP contribution < -0.4 is 0 Å². The summed E-state index contributed by atoms with van der Waals surface area (Å²) in [6.07, 6.45) is 0. The minimum Gasteiger partial charge on any atom is -0.0622 e. The second-order valence-corrected chi connectivity index (χ2v) is 4.55. The molecule has 18 heavy (non-hydrogen) atoms. The van der Waals surface area contributed by atoms with Gasteiger partial charge in [0.15, 0.2) is 0 Å². The molecule has 0 saturated heterocycles. The SMILES string of the molecule is [c]1ccc(-c2ccccc2)c2c1-c1ccccc1-2. The summed E-state index contributed by atoms with van der Waals surface area (Å²) in [6.45, 7) is 0. The molecule has 0 aliphatic heterocycles. The summed E-state index contributed by atoms with van der Waals surface area (Å²) >= 11 is 0. The zero-order valence-electron chi connectivity index (χ0n) is 9.85. The molecule has 0 amide bonds. The summed E-state index contributed by atoms with van der Waals surface area (Å²) < 4.78 is 0. The Bertz CT molecular complexity index is 709. The molecular weight excluding hydrogens is 216 g/mol. The summed E-state index contributed by atoms with van der Waals surface area (Å²) in [5.74, 6) is 0. The van der Waals surface area contributed by atoms with Gasteiger partial charge < -0.3 is 0 Å². The molecule has 83 valence electrons. The summed E-state index contributed by atoms with van der Waals surface area (Å²) in [5, 5.41) is 0. The van der Waals surface area contributed by atoms with Crippen LogP contribution in [-0.2, 0) is 0 Å². The molecule has 0 N–H and O–H groups in total. The van der Waals surface area contributed by atoms with Crippen molar-refractivity contribution in [1.29, 1.82) is 0 Å². The number of hydrogen-bond donors (Lipinski definition) is 0. The molecule has 0 spiro atoms. The Morgan fingerprint density at radius 3 is 2.17 bits per heavy atom. The Morgan fingerprint density at radius 1 is 0.611 bits per heavy atom. The van der Waals surface area contributed by atoms with E-state index in [2.05, 4.69) is 66.7 Å². The maximum absolute atomic E-state index is 3.35. The van der Waals surface area contributed by atoms with Crippen molar-refractivity contribution in [1.82, 2.24) is 0 Å². The van der Waals surface area contributed by atoms with Gasteiger partial charge in [-0.1, -0.05) is 66.7 Å². The molecule has 0 heterocycles. The van der Waals surface area contributed by atoms with Crippen molar-refractivity contribution in [3.05, 3.63) is 72.8 Å². The van der Waals surface area contributed by atoms with Gasteiger partial charge in [0.05, 0.1) is 0 Å². The highest BCUT2D eigenvalue weighted by atomic mass is 14.3. The molecule has 0 fully saturated rings. The van der Waals surface area contributed by atoms with E-state index in [4.69, 9.17) is 0 Å². The van der Waals surface area contributed by atoms with Gasteiger partial charge in [0.25, 0.3) is 0 Å². The van der Waals surface area contributed by atoms with E-state index >= 15 is 0 Å². The molecule has 3 aromatic rings. The van der Waals surface area contributed by atoms with Crippen LogP contribution in [0.4, 0.5) is 0 Å². The number of benzene rings is 3. The average Bonchev–Trinajstić information content (AvgIpc) is 2.45. The fourth-order valence-electron chi connectivity index (χ4n) is 2.71. The minimum absolute atomic E-state index is 1.26. The summed E-state index contributed by atoms with van der Waals surface area (Å²) in [6, 6.07) is 26.6. The summed E-state index contributed by atoms with van der Waals surface area (Å²) in [7, 11) is 0. The molecule has 1 aliphatic rings. The van der Waals surface area contributed by atoms with E-state index in [-0.39, 0.29) is 0 Å². The van der Waals surface area contributed by atoms with Gasteiger partial charge in [0, 0.05) is 0 Å². The lowest BCUT2D eigenvalue weighted by atomic mass is 9.77. The first-order valence-corrected chi connectivity index (χ1v) is 6.15. The van der Waals surface area contributed by atoms with Crippen LogP contribution in [0.2, 0.25) is 0 Å². The Morgan fingerprint density at radius 2 is 1.33 bits per heavy atom. The van der Waals surface area contributed by atoms with Crippen LogP contribution in [0.5, 0.6) is 0 Å². The fraction of sp³-hybridized carbons (Fsp3) is 0. The smallest absolute Gasteiger partial charge is 0.00139 e. The van der Waals surface area contributed by atoms with Crippen molar-refractivity contribution in [2.24, 2.45) is 0 Å². The van der Waals surface area contributed by atoms with E-state index < -0.39 is 0 Å². The third-order valence-corrected chi connectivity index (χ3v) is 3.55. The molecule has 0 nitrogen and oxygen atoms in total. The third-order valence-electron chi connectivity index (χ3n) is 3.55. The molecule has 1 radical (unpaired) electrons. The van der Waals surface area contributed by atoms with Crippen LogP contribution in [0.15, 0.2) is 66.7 Å². The summed E-state index contributed by atoms with van der Waals surface area (Å²) in [4.78, 5) is 0. The van der Waals surface area contributed by atoms with Crippen molar-refractivity contribution < 1.29 is 0 Å². The highest BCUT2D eigenvalue weighted by Gasteiger charge is 2.24. The quantitative estimate of drug-likeness (QED) is 0.438. The largest absolute Gasteiger partial charge is 0.0622 e. The lowest BCUT2D eigenvalue weighted by molar-refractivity contribution is 1.50. The van der Waals surface area contributed by atoms with E-state index in [0.29, 0.717) is 0 Å². The number of rotatable bonds is 1. The van der Waals surface area contributed by atoms with Gasteiger partial charge in [-0.25, -0.2) is 0 Å². The van der Waals surface area contributed by atoms with Crippen molar-refractivity contribution in [3.8, 4) is 33.4 Å². The van der Waals surface area contributed by atoms with Crippen LogP contribution in [0.3, 0.4) is 0 Å². The Hall–Kier alpha value is -2.34. The Labute approximate surface area is 107 Å². The Balaban J connectivity index is 1.98. The van der Waals surface area contributed by atoms with Gasteiger partial charge in [-0.2, -0.15) is 0 Å². The van der Waals surface area contributed by atoms with E-state index in [0.717, 1.165) is 0 Å². The predicted octanol–water partition coefficient (Wildman–Crippen LogP) is 4.80. The second-order valence-electron chi connectivity index (χ2n) is 4.55. The maximum atomic E-state index is 3.35. The normalized spacial score (nSPS) is 11.3. The van der Waals surface area contributed by atoms with Crippen molar-refractivity contribution in [3.63, 3.8) is 0 Å². The highest BCUT2D eigenvalue weighted by Crippen LogP contribution is 2.50. The molecule has 0 saturated carbocycles. The van der Waals surface area contributed by atoms with Gasteiger partial charge >= 0.3 is 0 Å². The number of hydrogen-bond acceptors (Lipinski definition) is 0. The van der Waals surface area contributed by atoms with Crippen molar-refractivity contribution >= 4 is 0 Å². The third kappa shape index (κ3) is 1.20. The molecule has 0 atom stereocenters. The lowest BCUT2D eigenvalue weighted by Gasteiger charge is -2.26. The van der Waals surface area contributed by atoms with Gasteiger partial charge in [-0.05, 0) is 39.4 Å². The molecule has 1 aliphatic carbocycles. The molecule has 3 aromatic carbocycles. The first-order chi connectivity index (χ1) is 8.95. The fourth-order valence-corrected chi connectivity index (χ4v) is 2.71. The van der Waals surface area contributed by atoms with E-state index in [1.54, 1.807) is 0 Å². The zero-order chi connectivity index (χ0) is 11.9. The van der Waals surface area contributed by atoms with Gasteiger partial charge in [-0.3, -0.25) is 0 Å². The molecule has 0 bridgehead atoms. The van der Waals surface area contributed by atoms with Crippen LogP contribution >= 0.6 is 0 Å². The maximum Gasteiger partial charge on any atom is -0.00139 e. The van der Waals surface area contributed by atoms with Crippen LogP contribution in [0.25, 0.3) is 33.4 Å². The summed E-state index contributed by atoms with van der Waals surface area (Å²) in [5.41, 5.74) is 7.86. The van der Waals surface area contributed by atoms with Crippen LogP contribution in [0, 0.1) is 6.07 Å². The van der Waals surface area contributed by atoms with Crippen molar-refractivity contribution in [2.75, 3.05) is 0 Å². The molecule has 4 rings (SSSR count). The van der Waals surface area contributed by atoms with E-state index in [9.17, 15) is 0 Å². The molecule has 0 heteroatoms. The lowest BCUT2D eigenvalue weighted by Crippen LogP contribution is -2.00. The Kier molecular flexibility index (Phi) is 1.92. The van der Waals surface area contributed by atoms with Gasteiger partial charge in [-0.15, -0.1) is 0 Å². The van der Waals surface area contributed by atoms with Crippen LogP contribution in [0.1, 0.15) is 0 Å². The average molecular weight is 227 g/mol. The molecule has 0 unspecified atom stereocenters. The number of fused-ring (bicyclic) bond motifs is 4. The van der Waals surface area contributed by atoms with Crippen LogP contribution in [-0.4, -0.2) is 0 Å². The minimum atomic E-state index is 1.26. The van der Waals surface area contributed by atoms with Crippen molar-refractivity contribution in [2.45, 2.75) is 0 Å². The standard InChI is InChI=1S/C18H11/c1-2-7-13(8-3-1)14-11-6-12-17-15-9-4-5-10-16(15)18(14)17/h1-11H. The van der Waals surface area contributed by atoms with Gasteiger partial charge in [0.1, 0.15) is 0 Å². The zero-order valence-corrected chi connectivity index (χ0v) is 9.85. The van der Waals surface area contributed by atoms with Gasteiger partial charge in [0.2, 0.25) is 0 Å². The first kappa shape index (κ1) is 9.67.